The third-order valence-electron chi connectivity index (χ3n) is 4.24. The van der Waals surface area contributed by atoms with Crippen LogP contribution >= 0.6 is 0 Å². The average Bonchev–Trinajstić information content (AvgIpc) is 2.47. The molecular weight excluding hydrogens is 252 g/mol. The summed E-state index contributed by atoms with van der Waals surface area (Å²) in [7, 11) is 0. The molecule has 0 saturated heterocycles. The van der Waals surface area contributed by atoms with Crippen LogP contribution in [0.1, 0.15) is 40.0 Å². The van der Waals surface area contributed by atoms with Crippen molar-refractivity contribution in [2.45, 2.75) is 45.6 Å². The van der Waals surface area contributed by atoms with Crippen molar-refractivity contribution < 1.29 is 0 Å². The van der Waals surface area contributed by atoms with E-state index in [0.29, 0.717) is 16.6 Å². The van der Waals surface area contributed by atoms with Gasteiger partial charge in [0.05, 0.1) is 28.6 Å². The van der Waals surface area contributed by atoms with E-state index in [4.69, 9.17) is 5.73 Å². The van der Waals surface area contributed by atoms with Gasteiger partial charge in [0, 0.05) is 5.54 Å². The molecule has 2 rings (SSSR count). The molecule has 1 heterocycles. The minimum Gasteiger partial charge on any atom is -0.397 e. The zero-order valence-electron chi connectivity index (χ0n) is 12.3. The highest BCUT2D eigenvalue weighted by Crippen LogP contribution is 2.30. The molecule has 0 saturated carbocycles. The van der Waals surface area contributed by atoms with E-state index in [2.05, 4.69) is 36.1 Å². The van der Waals surface area contributed by atoms with Crippen LogP contribution in [0.25, 0.3) is 10.9 Å². The highest BCUT2D eigenvalue weighted by molar-refractivity contribution is 5.88. The summed E-state index contributed by atoms with van der Waals surface area (Å²) in [6.07, 6.45) is 4.46. The fourth-order valence-electron chi connectivity index (χ4n) is 2.54. The van der Waals surface area contributed by atoms with Gasteiger partial charge in [0.15, 0.2) is 0 Å². The van der Waals surface area contributed by atoms with Crippen molar-refractivity contribution in [1.29, 1.82) is 0 Å². The summed E-state index contributed by atoms with van der Waals surface area (Å²) in [6.45, 7) is 6.50. The van der Waals surface area contributed by atoms with Crippen LogP contribution in [0.15, 0.2) is 23.3 Å². The monoisotopic (exact) mass is 274 g/mol. The third kappa shape index (κ3) is 2.48. The molecule has 0 bridgehead atoms. The Balaban J connectivity index is 2.50. The standard InChI is InChI=1S/C15H22N4O/c1-4-15(5-2,6-3)19-13-8-12-10(7-11(13)16)14(20)18-9-17-12/h7-9,19H,4-6,16H2,1-3H3,(H,17,18,20). The lowest BCUT2D eigenvalue weighted by Crippen LogP contribution is -2.36. The Morgan fingerprint density at radius 3 is 2.50 bits per heavy atom. The fourth-order valence-corrected chi connectivity index (χ4v) is 2.54. The smallest absolute Gasteiger partial charge is 0.258 e. The molecule has 4 N–H and O–H groups in total. The number of aromatic nitrogens is 2. The number of nitrogens with zero attached hydrogens (tertiary/aromatic N) is 1. The molecule has 0 aliphatic carbocycles. The van der Waals surface area contributed by atoms with Crippen molar-refractivity contribution >= 4 is 22.3 Å². The number of rotatable bonds is 5. The van der Waals surface area contributed by atoms with E-state index in [-0.39, 0.29) is 11.1 Å². The summed E-state index contributed by atoms with van der Waals surface area (Å²) < 4.78 is 0. The van der Waals surface area contributed by atoms with Crippen molar-refractivity contribution in [3.63, 3.8) is 0 Å². The summed E-state index contributed by atoms with van der Waals surface area (Å²) in [5, 5.41) is 4.06. The van der Waals surface area contributed by atoms with E-state index in [0.717, 1.165) is 24.9 Å². The molecule has 0 aliphatic rings. The quantitative estimate of drug-likeness (QED) is 0.732. The first-order valence-corrected chi connectivity index (χ1v) is 7.10. The predicted molar refractivity (Wildman–Crippen MR) is 84.0 cm³/mol. The lowest BCUT2D eigenvalue weighted by atomic mass is 9.89. The maximum Gasteiger partial charge on any atom is 0.258 e. The topological polar surface area (TPSA) is 83.8 Å². The van der Waals surface area contributed by atoms with Crippen molar-refractivity contribution in [1.82, 2.24) is 9.97 Å². The number of aromatic amines is 1. The van der Waals surface area contributed by atoms with Gasteiger partial charge in [-0.25, -0.2) is 4.98 Å². The molecule has 0 aliphatic heterocycles. The molecule has 0 spiro atoms. The van der Waals surface area contributed by atoms with E-state index in [1.807, 2.05) is 6.07 Å². The normalized spacial score (nSPS) is 11.8. The van der Waals surface area contributed by atoms with Gasteiger partial charge >= 0.3 is 0 Å². The lowest BCUT2D eigenvalue weighted by molar-refractivity contribution is 0.420. The number of hydrogen-bond acceptors (Lipinski definition) is 4. The Labute approximate surface area is 118 Å². The van der Waals surface area contributed by atoms with E-state index in [1.165, 1.54) is 6.33 Å². The highest BCUT2D eigenvalue weighted by atomic mass is 16.1. The van der Waals surface area contributed by atoms with Crippen LogP contribution in [0.4, 0.5) is 11.4 Å². The number of fused-ring (bicyclic) bond motifs is 1. The van der Waals surface area contributed by atoms with E-state index in [1.54, 1.807) is 6.07 Å². The number of H-pyrrole nitrogens is 1. The van der Waals surface area contributed by atoms with Gasteiger partial charge in [-0.15, -0.1) is 0 Å². The van der Waals surface area contributed by atoms with Gasteiger partial charge < -0.3 is 16.0 Å². The molecule has 0 fully saturated rings. The number of nitrogen functional groups attached to an aromatic ring is 1. The van der Waals surface area contributed by atoms with Gasteiger partial charge in [-0.05, 0) is 31.4 Å². The number of nitrogens with two attached hydrogens (primary N) is 1. The molecule has 1 aromatic carbocycles. The van der Waals surface area contributed by atoms with Gasteiger partial charge in [0.1, 0.15) is 0 Å². The second kappa shape index (κ2) is 5.53. The summed E-state index contributed by atoms with van der Waals surface area (Å²) >= 11 is 0. The first-order valence-electron chi connectivity index (χ1n) is 7.10. The Hall–Kier alpha value is -2.04. The molecule has 2 aromatic rings. The Morgan fingerprint density at radius 1 is 1.25 bits per heavy atom. The lowest BCUT2D eigenvalue weighted by Gasteiger charge is -2.33. The zero-order valence-corrected chi connectivity index (χ0v) is 12.3. The van der Waals surface area contributed by atoms with Crippen molar-refractivity contribution in [3.8, 4) is 0 Å². The molecule has 0 amide bonds. The summed E-state index contributed by atoms with van der Waals surface area (Å²) in [5.41, 5.74) is 8.03. The summed E-state index contributed by atoms with van der Waals surface area (Å²) in [5.74, 6) is 0. The summed E-state index contributed by atoms with van der Waals surface area (Å²) in [4.78, 5) is 18.5. The molecular formula is C15H22N4O. The molecule has 20 heavy (non-hydrogen) atoms. The van der Waals surface area contributed by atoms with Gasteiger partial charge in [0.25, 0.3) is 5.56 Å². The molecule has 5 nitrogen and oxygen atoms in total. The molecule has 0 radical (unpaired) electrons. The van der Waals surface area contributed by atoms with Crippen LogP contribution in [-0.4, -0.2) is 15.5 Å². The third-order valence-corrected chi connectivity index (χ3v) is 4.24. The predicted octanol–water partition coefficient (Wildman–Crippen LogP) is 2.89. The van der Waals surface area contributed by atoms with Crippen molar-refractivity contribution in [2.75, 3.05) is 11.1 Å². The van der Waals surface area contributed by atoms with E-state index in [9.17, 15) is 4.79 Å². The van der Waals surface area contributed by atoms with Crippen LogP contribution in [0.5, 0.6) is 0 Å². The fraction of sp³-hybridized carbons (Fsp3) is 0.467. The second-order valence-electron chi connectivity index (χ2n) is 5.15. The van der Waals surface area contributed by atoms with Crippen LogP contribution < -0.4 is 16.6 Å². The number of anilines is 2. The second-order valence-corrected chi connectivity index (χ2v) is 5.15. The van der Waals surface area contributed by atoms with E-state index >= 15 is 0 Å². The molecule has 108 valence electrons. The van der Waals surface area contributed by atoms with Crippen molar-refractivity contribution in [2.24, 2.45) is 0 Å². The Kier molecular flexibility index (Phi) is 3.97. The SMILES string of the molecule is CCC(CC)(CC)Nc1cc2nc[nH]c(=O)c2cc1N. The van der Waals surface area contributed by atoms with Crippen LogP contribution in [0, 0.1) is 0 Å². The van der Waals surface area contributed by atoms with Gasteiger partial charge in [-0.1, -0.05) is 20.8 Å². The minimum absolute atomic E-state index is 0.0308. The summed E-state index contributed by atoms with van der Waals surface area (Å²) in [6, 6.07) is 3.55. The minimum atomic E-state index is -0.166. The highest BCUT2D eigenvalue weighted by Gasteiger charge is 2.24. The maximum absolute atomic E-state index is 11.7. The number of benzene rings is 1. The van der Waals surface area contributed by atoms with Crippen molar-refractivity contribution in [3.05, 3.63) is 28.8 Å². The zero-order chi connectivity index (χ0) is 14.8. The van der Waals surface area contributed by atoms with Crippen LogP contribution in [0.2, 0.25) is 0 Å². The molecule has 5 heteroatoms. The maximum atomic E-state index is 11.7. The Morgan fingerprint density at radius 2 is 1.90 bits per heavy atom. The largest absolute Gasteiger partial charge is 0.397 e. The van der Waals surface area contributed by atoms with Crippen LogP contribution in [-0.2, 0) is 0 Å². The van der Waals surface area contributed by atoms with Gasteiger partial charge in [0.2, 0.25) is 0 Å². The first kappa shape index (κ1) is 14.4. The number of nitrogens with one attached hydrogen (secondary N) is 2. The first-order chi connectivity index (χ1) is 9.55. The van der Waals surface area contributed by atoms with Crippen LogP contribution in [0.3, 0.4) is 0 Å². The number of hydrogen-bond donors (Lipinski definition) is 3. The molecule has 1 aromatic heterocycles. The Bertz CT molecular complexity index is 650. The van der Waals surface area contributed by atoms with Gasteiger partial charge in [-0.2, -0.15) is 0 Å². The molecule has 0 atom stereocenters. The average molecular weight is 274 g/mol. The molecule has 0 unspecified atom stereocenters. The van der Waals surface area contributed by atoms with Gasteiger partial charge in [-0.3, -0.25) is 4.79 Å². The van der Waals surface area contributed by atoms with E-state index < -0.39 is 0 Å².